The average Bonchev–Trinajstić information content (AvgIpc) is 2.99. The summed E-state index contributed by atoms with van der Waals surface area (Å²) in [5, 5.41) is 8.20. The van der Waals surface area contributed by atoms with Gasteiger partial charge in [0, 0.05) is 24.8 Å². The van der Waals surface area contributed by atoms with Crippen molar-refractivity contribution in [2.24, 2.45) is 5.92 Å². The van der Waals surface area contributed by atoms with Gasteiger partial charge in [-0.05, 0) is 38.7 Å². The molecule has 1 atom stereocenters. The van der Waals surface area contributed by atoms with Gasteiger partial charge in [-0.3, -0.25) is 4.68 Å². The number of nitrogens with one attached hydrogen (secondary N) is 1. The largest absolute Gasteiger partial charge is 0.308 e. The molecular weight excluding hydrogens is 210 g/mol. The van der Waals surface area contributed by atoms with Crippen LogP contribution in [0.1, 0.15) is 58.2 Å². The molecule has 1 fully saturated rings. The van der Waals surface area contributed by atoms with Crippen molar-refractivity contribution in [3.8, 4) is 0 Å². The predicted molar refractivity (Wildman–Crippen MR) is 70.9 cm³/mol. The van der Waals surface area contributed by atoms with Gasteiger partial charge in [0.1, 0.15) is 0 Å². The summed E-state index contributed by atoms with van der Waals surface area (Å²) < 4.78 is 2.03. The molecule has 3 heteroatoms. The maximum atomic E-state index is 4.56. The molecule has 0 aromatic carbocycles. The number of rotatable bonds is 7. The standard InChI is InChI=1S/C14H25N3/c1-4-13(9-12-5-6-12)15-10-14-7-8-17(16-14)11(2)3/h7-8,11-13,15H,4-6,9-10H2,1-3H3. The molecule has 17 heavy (non-hydrogen) atoms. The monoisotopic (exact) mass is 235 g/mol. The summed E-state index contributed by atoms with van der Waals surface area (Å²) in [5.41, 5.74) is 1.16. The van der Waals surface area contributed by atoms with E-state index in [0.29, 0.717) is 12.1 Å². The van der Waals surface area contributed by atoms with Crippen LogP contribution in [0.2, 0.25) is 0 Å². The molecule has 0 spiro atoms. The van der Waals surface area contributed by atoms with Crippen LogP contribution < -0.4 is 5.32 Å². The lowest BCUT2D eigenvalue weighted by Gasteiger charge is -2.15. The van der Waals surface area contributed by atoms with Crippen LogP contribution in [0.15, 0.2) is 12.3 Å². The highest BCUT2D eigenvalue weighted by atomic mass is 15.3. The molecule has 1 unspecified atom stereocenters. The first-order valence-electron chi connectivity index (χ1n) is 6.96. The molecular formula is C14H25N3. The van der Waals surface area contributed by atoms with Crippen LogP contribution in [0.3, 0.4) is 0 Å². The van der Waals surface area contributed by atoms with Gasteiger partial charge in [0.15, 0.2) is 0 Å². The number of hydrogen-bond donors (Lipinski definition) is 1. The quantitative estimate of drug-likeness (QED) is 0.787. The second-order valence-corrected chi connectivity index (χ2v) is 5.55. The van der Waals surface area contributed by atoms with Crippen molar-refractivity contribution in [1.29, 1.82) is 0 Å². The lowest BCUT2D eigenvalue weighted by Crippen LogP contribution is -2.28. The Labute approximate surface area is 105 Å². The molecule has 0 bridgehead atoms. The Bertz CT molecular complexity index is 339. The summed E-state index contributed by atoms with van der Waals surface area (Å²) in [7, 11) is 0. The van der Waals surface area contributed by atoms with E-state index < -0.39 is 0 Å². The molecule has 96 valence electrons. The van der Waals surface area contributed by atoms with Crippen LogP contribution in [-0.2, 0) is 6.54 Å². The molecule has 1 heterocycles. The summed E-state index contributed by atoms with van der Waals surface area (Å²) >= 11 is 0. The lowest BCUT2D eigenvalue weighted by atomic mass is 10.1. The molecule has 1 saturated carbocycles. The summed E-state index contributed by atoms with van der Waals surface area (Å²) in [6.45, 7) is 7.50. The van der Waals surface area contributed by atoms with Crippen LogP contribution in [0, 0.1) is 5.92 Å². The van der Waals surface area contributed by atoms with E-state index in [4.69, 9.17) is 0 Å². The molecule has 1 aromatic rings. The van der Waals surface area contributed by atoms with Gasteiger partial charge in [-0.25, -0.2) is 0 Å². The van der Waals surface area contributed by atoms with Crippen molar-refractivity contribution < 1.29 is 0 Å². The van der Waals surface area contributed by atoms with Gasteiger partial charge in [-0.2, -0.15) is 5.10 Å². The van der Waals surface area contributed by atoms with Gasteiger partial charge in [0.05, 0.1) is 5.69 Å². The SMILES string of the molecule is CCC(CC1CC1)NCc1ccn(C(C)C)n1. The third-order valence-electron chi connectivity index (χ3n) is 3.57. The van der Waals surface area contributed by atoms with Crippen molar-refractivity contribution in [1.82, 2.24) is 15.1 Å². The minimum atomic E-state index is 0.456. The van der Waals surface area contributed by atoms with E-state index in [9.17, 15) is 0 Å². The molecule has 3 nitrogen and oxygen atoms in total. The molecule has 1 aliphatic carbocycles. The van der Waals surface area contributed by atoms with Gasteiger partial charge in [0.25, 0.3) is 0 Å². The zero-order chi connectivity index (χ0) is 12.3. The van der Waals surface area contributed by atoms with Gasteiger partial charge in [-0.15, -0.1) is 0 Å². The van der Waals surface area contributed by atoms with E-state index in [0.717, 1.165) is 18.2 Å². The third kappa shape index (κ3) is 3.84. The maximum Gasteiger partial charge on any atom is 0.0762 e. The fourth-order valence-corrected chi connectivity index (χ4v) is 2.16. The Kier molecular flexibility index (Phi) is 4.21. The van der Waals surface area contributed by atoms with Crippen LogP contribution in [0.5, 0.6) is 0 Å². The molecule has 0 radical (unpaired) electrons. The van der Waals surface area contributed by atoms with Crippen molar-refractivity contribution in [3.05, 3.63) is 18.0 Å². The van der Waals surface area contributed by atoms with Crippen molar-refractivity contribution >= 4 is 0 Å². The van der Waals surface area contributed by atoms with Gasteiger partial charge in [0.2, 0.25) is 0 Å². The minimum Gasteiger partial charge on any atom is -0.308 e. The third-order valence-corrected chi connectivity index (χ3v) is 3.57. The molecule has 1 N–H and O–H groups in total. The van der Waals surface area contributed by atoms with Crippen LogP contribution >= 0.6 is 0 Å². The fraction of sp³-hybridized carbons (Fsp3) is 0.786. The Hall–Kier alpha value is -0.830. The summed E-state index contributed by atoms with van der Waals surface area (Å²) in [5.74, 6) is 1.00. The van der Waals surface area contributed by atoms with E-state index in [1.165, 1.54) is 25.7 Å². The number of hydrogen-bond acceptors (Lipinski definition) is 2. The lowest BCUT2D eigenvalue weighted by molar-refractivity contribution is 0.438. The van der Waals surface area contributed by atoms with Gasteiger partial charge >= 0.3 is 0 Å². The topological polar surface area (TPSA) is 29.9 Å². The van der Waals surface area contributed by atoms with Crippen LogP contribution in [0.25, 0.3) is 0 Å². The first-order chi connectivity index (χ1) is 8.19. The molecule has 1 aromatic heterocycles. The summed E-state index contributed by atoms with van der Waals surface area (Å²) in [6, 6.07) is 3.25. The van der Waals surface area contributed by atoms with Crippen molar-refractivity contribution in [3.63, 3.8) is 0 Å². The van der Waals surface area contributed by atoms with Crippen molar-refractivity contribution in [2.75, 3.05) is 0 Å². The van der Waals surface area contributed by atoms with E-state index in [2.05, 4.69) is 43.4 Å². The highest BCUT2D eigenvalue weighted by Gasteiger charge is 2.24. The number of nitrogens with zero attached hydrogens (tertiary/aromatic N) is 2. The molecule has 2 rings (SSSR count). The van der Waals surface area contributed by atoms with E-state index in [1.54, 1.807) is 0 Å². The molecule has 1 aliphatic rings. The van der Waals surface area contributed by atoms with Gasteiger partial charge in [-0.1, -0.05) is 19.8 Å². The maximum absolute atomic E-state index is 4.56. The second kappa shape index (κ2) is 5.67. The Balaban J connectivity index is 1.78. The van der Waals surface area contributed by atoms with Crippen molar-refractivity contribution in [2.45, 2.75) is 65.1 Å². The Morgan fingerprint density at radius 2 is 2.24 bits per heavy atom. The number of aromatic nitrogens is 2. The van der Waals surface area contributed by atoms with Crippen LogP contribution in [0.4, 0.5) is 0 Å². The highest BCUT2D eigenvalue weighted by Crippen LogP contribution is 2.34. The minimum absolute atomic E-state index is 0.456. The Morgan fingerprint density at radius 3 is 2.76 bits per heavy atom. The Morgan fingerprint density at radius 1 is 1.47 bits per heavy atom. The first kappa shape index (κ1) is 12.6. The van der Waals surface area contributed by atoms with E-state index in [-0.39, 0.29) is 0 Å². The molecule has 0 aliphatic heterocycles. The fourth-order valence-electron chi connectivity index (χ4n) is 2.16. The predicted octanol–water partition coefficient (Wildman–Crippen LogP) is 3.13. The second-order valence-electron chi connectivity index (χ2n) is 5.55. The van der Waals surface area contributed by atoms with Crippen LogP contribution in [-0.4, -0.2) is 15.8 Å². The van der Waals surface area contributed by atoms with E-state index >= 15 is 0 Å². The summed E-state index contributed by atoms with van der Waals surface area (Å²) in [4.78, 5) is 0. The average molecular weight is 235 g/mol. The zero-order valence-electron chi connectivity index (χ0n) is 11.3. The first-order valence-corrected chi connectivity index (χ1v) is 6.96. The smallest absolute Gasteiger partial charge is 0.0762 e. The molecule has 0 saturated heterocycles. The van der Waals surface area contributed by atoms with Gasteiger partial charge < -0.3 is 5.32 Å². The highest BCUT2D eigenvalue weighted by molar-refractivity contribution is 4.99. The van der Waals surface area contributed by atoms with E-state index in [1.807, 2.05) is 4.68 Å². The molecule has 0 amide bonds. The normalized spacial score (nSPS) is 17.6. The summed E-state index contributed by atoms with van der Waals surface area (Å²) in [6.07, 6.45) is 7.53. The zero-order valence-corrected chi connectivity index (χ0v) is 11.3.